The van der Waals surface area contributed by atoms with Crippen LogP contribution in [0.25, 0.3) is 0 Å². The maximum absolute atomic E-state index is 12.2. The van der Waals surface area contributed by atoms with E-state index in [0.29, 0.717) is 18.0 Å². The third-order valence-corrected chi connectivity index (χ3v) is 4.21. The van der Waals surface area contributed by atoms with Gasteiger partial charge in [0, 0.05) is 13.1 Å². The molecule has 3 N–H and O–H groups in total. The summed E-state index contributed by atoms with van der Waals surface area (Å²) < 4.78 is 10.5. The van der Waals surface area contributed by atoms with Crippen LogP contribution in [-0.2, 0) is 14.3 Å². The molecule has 1 aromatic carbocycles. The second-order valence-electron chi connectivity index (χ2n) is 6.11. The summed E-state index contributed by atoms with van der Waals surface area (Å²) in [5.41, 5.74) is 0.524. The van der Waals surface area contributed by atoms with Crippen molar-refractivity contribution in [2.45, 2.75) is 18.9 Å². The zero-order valence-corrected chi connectivity index (χ0v) is 15.1. The van der Waals surface area contributed by atoms with Crippen LogP contribution in [0.3, 0.4) is 0 Å². The molecular formula is C18H27N3O5. The highest BCUT2D eigenvalue weighted by atomic mass is 16.5. The fourth-order valence-electron chi connectivity index (χ4n) is 2.79. The molecule has 1 saturated heterocycles. The minimum atomic E-state index is -1.04. The van der Waals surface area contributed by atoms with Crippen LogP contribution >= 0.6 is 0 Å². The van der Waals surface area contributed by atoms with Crippen molar-refractivity contribution in [2.24, 2.45) is 0 Å². The Hall–Kier alpha value is -2.16. The van der Waals surface area contributed by atoms with Crippen molar-refractivity contribution in [1.29, 1.82) is 0 Å². The van der Waals surface area contributed by atoms with E-state index >= 15 is 0 Å². The van der Waals surface area contributed by atoms with Crippen LogP contribution in [0.4, 0.5) is 5.69 Å². The number of carboxylic acid groups (broad SMARTS) is 1. The number of carbonyl (C=O) groups excluding carboxylic acids is 1. The quantitative estimate of drug-likeness (QED) is 0.527. The van der Waals surface area contributed by atoms with Crippen LogP contribution in [0, 0.1) is 0 Å². The summed E-state index contributed by atoms with van der Waals surface area (Å²) >= 11 is 0. The Bertz CT molecular complexity index is 590. The molecule has 8 heteroatoms. The van der Waals surface area contributed by atoms with Gasteiger partial charge in [-0.2, -0.15) is 0 Å². The van der Waals surface area contributed by atoms with Crippen molar-refractivity contribution in [2.75, 3.05) is 51.8 Å². The van der Waals surface area contributed by atoms with Gasteiger partial charge in [0.15, 0.2) is 0 Å². The van der Waals surface area contributed by atoms with Gasteiger partial charge >= 0.3 is 5.97 Å². The van der Waals surface area contributed by atoms with E-state index < -0.39 is 12.0 Å². The van der Waals surface area contributed by atoms with Crippen molar-refractivity contribution < 1.29 is 24.2 Å². The highest BCUT2D eigenvalue weighted by molar-refractivity contribution is 5.95. The van der Waals surface area contributed by atoms with Gasteiger partial charge in [-0.1, -0.05) is 12.1 Å². The number of amides is 1. The number of ether oxygens (including phenoxy) is 2. The van der Waals surface area contributed by atoms with E-state index in [2.05, 4.69) is 15.5 Å². The van der Waals surface area contributed by atoms with Gasteiger partial charge in [0.25, 0.3) is 0 Å². The first-order valence-electron chi connectivity index (χ1n) is 8.79. The molecular weight excluding hydrogens is 338 g/mol. The van der Waals surface area contributed by atoms with Gasteiger partial charge < -0.3 is 25.2 Å². The number of anilines is 1. The first-order chi connectivity index (χ1) is 12.6. The molecule has 0 bridgehead atoms. The Kier molecular flexibility index (Phi) is 8.33. The van der Waals surface area contributed by atoms with Gasteiger partial charge in [0.1, 0.15) is 11.8 Å². The topological polar surface area (TPSA) is 100 Å². The van der Waals surface area contributed by atoms with Gasteiger partial charge in [-0.3, -0.25) is 14.5 Å². The Morgan fingerprint density at radius 1 is 1.31 bits per heavy atom. The van der Waals surface area contributed by atoms with Crippen LogP contribution in [0.1, 0.15) is 12.8 Å². The van der Waals surface area contributed by atoms with E-state index in [-0.39, 0.29) is 12.3 Å². The van der Waals surface area contributed by atoms with Gasteiger partial charge in [0.2, 0.25) is 5.91 Å². The van der Waals surface area contributed by atoms with Gasteiger partial charge in [-0.05, 0) is 31.6 Å². The Morgan fingerprint density at radius 2 is 2.04 bits per heavy atom. The number of carboxylic acids is 1. The summed E-state index contributed by atoms with van der Waals surface area (Å²) in [6.45, 7) is 4.72. The van der Waals surface area contributed by atoms with Crippen molar-refractivity contribution in [3.8, 4) is 5.75 Å². The van der Waals surface area contributed by atoms with Crippen molar-refractivity contribution in [3.05, 3.63) is 24.3 Å². The average Bonchev–Trinajstić information content (AvgIpc) is 2.65. The number of carbonyl (C=O) groups is 2. The van der Waals surface area contributed by atoms with E-state index in [1.165, 1.54) is 7.11 Å². The predicted octanol–water partition coefficient (Wildman–Crippen LogP) is 0.789. The van der Waals surface area contributed by atoms with Crippen LogP contribution in [0.15, 0.2) is 24.3 Å². The van der Waals surface area contributed by atoms with Crippen LogP contribution in [0.5, 0.6) is 5.75 Å². The number of methoxy groups -OCH3 is 1. The molecule has 0 unspecified atom stereocenters. The molecule has 1 aliphatic heterocycles. The van der Waals surface area contributed by atoms with Crippen molar-refractivity contribution >= 4 is 17.6 Å². The largest absolute Gasteiger partial charge is 0.495 e. The zero-order valence-electron chi connectivity index (χ0n) is 15.1. The summed E-state index contributed by atoms with van der Waals surface area (Å²) in [5.74, 6) is -0.875. The van der Waals surface area contributed by atoms with E-state index in [1.807, 2.05) is 0 Å². The van der Waals surface area contributed by atoms with Crippen LogP contribution in [-0.4, -0.2) is 74.4 Å². The van der Waals surface area contributed by atoms with Crippen molar-refractivity contribution in [1.82, 2.24) is 10.2 Å². The smallest absolute Gasteiger partial charge is 0.321 e. The number of hydrogen-bond acceptors (Lipinski definition) is 6. The van der Waals surface area contributed by atoms with Gasteiger partial charge in [-0.25, -0.2) is 0 Å². The Labute approximate surface area is 153 Å². The van der Waals surface area contributed by atoms with Gasteiger partial charge in [-0.15, -0.1) is 0 Å². The van der Waals surface area contributed by atoms with E-state index in [0.717, 1.165) is 39.3 Å². The number of para-hydroxylation sites is 2. The molecule has 8 nitrogen and oxygen atoms in total. The average molecular weight is 365 g/mol. The first kappa shape index (κ1) is 20.2. The number of rotatable bonds is 10. The summed E-state index contributed by atoms with van der Waals surface area (Å²) in [5, 5.41) is 15.0. The summed E-state index contributed by atoms with van der Waals surface area (Å²) in [7, 11) is 1.51. The molecule has 1 aliphatic rings. The Morgan fingerprint density at radius 3 is 2.73 bits per heavy atom. The third kappa shape index (κ3) is 6.62. The second-order valence-corrected chi connectivity index (χ2v) is 6.11. The monoisotopic (exact) mass is 365 g/mol. The first-order valence-corrected chi connectivity index (χ1v) is 8.79. The minimum absolute atomic E-state index is 0.148. The van der Waals surface area contributed by atoms with Gasteiger partial charge in [0.05, 0.1) is 32.4 Å². The maximum Gasteiger partial charge on any atom is 0.321 e. The molecule has 26 heavy (non-hydrogen) atoms. The lowest BCUT2D eigenvalue weighted by atomic mass is 10.2. The fraction of sp³-hybridized carbons (Fsp3) is 0.556. The molecule has 0 saturated carbocycles. The molecule has 0 aliphatic carbocycles. The highest BCUT2D eigenvalue weighted by Crippen LogP contribution is 2.23. The summed E-state index contributed by atoms with van der Waals surface area (Å²) in [6, 6.07) is 6.09. The molecule has 1 heterocycles. The lowest BCUT2D eigenvalue weighted by molar-refractivity contribution is -0.141. The number of nitrogens with one attached hydrogen (secondary N) is 2. The minimum Gasteiger partial charge on any atom is -0.495 e. The van der Waals surface area contributed by atoms with E-state index in [9.17, 15) is 14.7 Å². The number of aliphatic carboxylic acids is 1. The second kappa shape index (κ2) is 10.7. The highest BCUT2D eigenvalue weighted by Gasteiger charge is 2.21. The summed E-state index contributed by atoms with van der Waals surface area (Å²) in [6.07, 6.45) is 0.669. The lowest BCUT2D eigenvalue weighted by Gasteiger charge is -2.26. The lowest BCUT2D eigenvalue weighted by Crippen LogP contribution is -2.42. The molecule has 2 rings (SSSR count). The number of nitrogens with zero attached hydrogens (tertiary/aromatic N) is 1. The normalized spacial score (nSPS) is 16.0. The van der Waals surface area contributed by atoms with E-state index in [1.54, 1.807) is 24.3 Å². The zero-order chi connectivity index (χ0) is 18.8. The van der Waals surface area contributed by atoms with Crippen molar-refractivity contribution in [3.63, 3.8) is 0 Å². The molecule has 0 aromatic heterocycles. The molecule has 144 valence electrons. The predicted molar refractivity (Wildman–Crippen MR) is 97.5 cm³/mol. The SMILES string of the molecule is COc1ccccc1NC(=O)C[C@H](NCCCN1CCOCC1)C(=O)O. The van der Waals surface area contributed by atoms with Crippen LogP contribution in [0.2, 0.25) is 0 Å². The maximum atomic E-state index is 12.2. The molecule has 0 spiro atoms. The Balaban J connectivity index is 1.75. The fourth-order valence-corrected chi connectivity index (χ4v) is 2.79. The standard InChI is InChI=1S/C18H27N3O5/c1-25-16-6-3-2-5-14(16)20-17(22)13-15(18(23)24)19-7-4-8-21-9-11-26-12-10-21/h2-3,5-6,15,19H,4,7-13H2,1H3,(H,20,22)(H,23,24)/t15-/m0/s1. The molecule has 0 radical (unpaired) electrons. The third-order valence-electron chi connectivity index (χ3n) is 4.21. The number of benzene rings is 1. The molecule has 1 amide bonds. The molecule has 1 atom stereocenters. The number of morpholine rings is 1. The molecule has 1 fully saturated rings. The molecule has 1 aromatic rings. The summed E-state index contributed by atoms with van der Waals surface area (Å²) in [4.78, 5) is 25.9. The number of hydrogen-bond donors (Lipinski definition) is 3. The van der Waals surface area contributed by atoms with Crippen LogP contribution < -0.4 is 15.4 Å². The van der Waals surface area contributed by atoms with E-state index in [4.69, 9.17) is 9.47 Å².